The molecule has 0 bridgehead atoms. The van der Waals surface area contributed by atoms with Gasteiger partial charge in [-0.3, -0.25) is 0 Å². The maximum atomic E-state index is 5.69. The van der Waals surface area contributed by atoms with Crippen molar-refractivity contribution in [2.45, 2.75) is 20.4 Å². The summed E-state index contributed by atoms with van der Waals surface area (Å²) in [4.78, 5) is 5.96. The zero-order valence-corrected chi connectivity index (χ0v) is 8.65. The first-order valence-electron chi connectivity index (χ1n) is 4.38. The van der Waals surface area contributed by atoms with E-state index in [1.165, 1.54) is 0 Å². The summed E-state index contributed by atoms with van der Waals surface area (Å²) in [6.45, 7) is 5.06. The van der Waals surface area contributed by atoms with E-state index in [9.17, 15) is 0 Å². The molecule has 0 saturated heterocycles. The molecule has 1 aromatic rings. The Balaban J connectivity index is 2.83. The van der Waals surface area contributed by atoms with Gasteiger partial charge in [-0.1, -0.05) is 13.8 Å². The smallest absolute Gasteiger partial charge is 0.246 e. The van der Waals surface area contributed by atoms with Crippen molar-refractivity contribution in [2.75, 3.05) is 24.7 Å². The predicted molar refractivity (Wildman–Crippen MR) is 53.6 cm³/mol. The van der Waals surface area contributed by atoms with E-state index in [2.05, 4.69) is 23.9 Å². The van der Waals surface area contributed by atoms with E-state index in [1.807, 2.05) is 19.0 Å². The van der Waals surface area contributed by atoms with Gasteiger partial charge in [0.25, 0.3) is 0 Å². The van der Waals surface area contributed by atoms with Crippen LogP contribution in [0.4, 0.5) is 11.9 Å². The molecule has 5 nitrogen and oxygen atoms in total. The lowest BCUT2D eigenvalue weighted by Gasteiger charge is -2.06. The number of hydrogen-bond donors (Lipinski definition) is 1. The van der Waals surface area contributed by atoms with Gasteiger partial charge in [0.1, 0.15) is 0 Å². The van der Waals surface area contributed by atoms with Crippen molar-refractivity contribution in [3.8, 4) is 0 Å². The molecule has 13 heavy (non-hydrogen) atoms. The third kappa shape index (κ3) is 2.34. The maximum Gasteiger partial charge on any atom is 0.246 e. The highest BCUT2D eigenvalue weighted by atomic mass is 15.4. The zero-order valence-electron chi connectivity index (χ0n) is 8.65. The third-order valence-electron chi connectivity index (χ3n) is 1.63. The molecule has 0 atom stereocenters. The summed E-state index contributed by atoms with van der Waals surface area (Å²) in [5.74, 6) is 1.68. The maximum absolute atomic E-state index is 5.69. The van der Waals surface area contributed by atoms with Crippen molar-refractivity contribution in [3.05, 3.63) is 0 Å². The van der Waals surface area contributed by atoms with Crippen molar-refractivity contribution < 1.29 is 0 Å². The molecule has 0 aliphatic heterocycles. The quantitative estimate of drug-likeness (QED) is 0.744. The van der Waals surface area contributed by atoms with Crippen molar-refractivity contribution in [1.82, 2.24) is 14.8 Å². The summed E-state index contributed by atoms with van der Waals surface area (Å²) in [6.07, 6.45) is 0. The van der Waals surface area contributed by atoms with Crippen molar-refractivity contribution in [2.24, 2.45) is 5.92 Å². The summed E-state index contributed by atoms with van der Waals surface area (Å²) in [5.41, 5.74) is 5.69. The Bertz CT molecular complexity index is 276. The average molecular weight is 183 g/mol. The van der Waals surface area contributed by atoms with E-state index in [1.54, 1.807) is 4.68 Å². The lowest BCUT2D eigenvalue weighted by Crippen LogP contribution is -2.12. The summed E-state index contributed by atoms with van der Waals surface area (Å²) in [6, 6.07) is 0. The molecule has 0 saturated carbocycles. The largest absolute Gasteiger partial charge is 0.368 e. The summed E-state index contributed by atoms with van der Waals surface area (Å²) in [7, 11) is 3.79. The monoisotopic (exact) mass is 183 g/mol. The van der Waals surface area contributed by atoms with Gasteiger partial charge in [-0.15, -0.1) is 5.10 Å². The summed E-state index contributed by atoms with van der Waals surface area (Å²) >= 11 is 0. The molecule has 1 heterocycles. The molecule has 0 aliphatic rings. The third-order valence-corrected chi connectivity index (χ3v) is 1.63. The fraction of sp³-hybridized carbons (Fsp3) is 0.750. The first kappa shape index (κ1) is 9.83. The molecule has 0 aromatic carbocycles. The lowest BCUT2D eigenvalue weighted by molar-refractivity contribution is 0.488. The number of anilines is 2. The number of nitrogens with two attached hydrogens (primary N) is 1. The van der Waals surface area contributed by atoms with E-state index >= 15 is 0 Å². The fourth-order valence-electron chi connectivity index (χ4n) is 1.01. The van der Waals surface area contributed by atoms with Crippen LogP contribution in [0.15, 0.2) is 0 Å². The molecule has 0 fully saturated rings. The van der Waals surface area contributed by atoms with Crippen LogP contribution >= 0.6 is 0 Å². The summed E-state index contributed by atoms with van der Waals surface area (Å²) in [5, 5.41) is 4.26. The first-order chi connectivity index (χ1) is 6.00. The first-order valence-corrected chi connectivity index (χ1v) is 4.38. The topological polar surface area (TPSA) is 60.0 Å². The molecule has 0 spiro atoms. The number of aromatic nitrogens is 3. The number of nitrogens with zero attached hydrogens (tertiary/aromatic N) is 4. The van der Waals surface area contributed by atoms with Crippen LogP contribution in [-0.2, 0) is 6.54 Å². The Kier molecular flexibility index (Phi) is 2.75. The second kappa shape index (κ2) is 3.64. The number of nitrogen functional groups attached to an aromatic ring is 1. The number of hydrogen-bond acceptors (Lipinski definition) is 4. The van der Waals surface area contributed by atoms with Gasteiger partial charge in [-0.2, -0.15) is 4.98 Å². The summed E-state index contributed by atoms with van der Waals surface area (Å²) < 4.78 is 1.74. The van der Waals surface area contributed by atoms with E-state index in [0.29, 0.717) is 17.8 Å². The molecule has 0 amide bonds. The molecule has 5 heteroatoms. The highest BCUT2D eigenvalue weighted by Gasteiger charge is 2.08. The van der Waals surface area contributed by atoms with Gasteiger partial charge >= 0.3 is 0 Å². The molecule has 2 N–H and O–H groups in total. The molecular formula is C8H17N5. The van der Waals surface area contributed by atoms with Crippen LogP contribution in [-0.4, -0.2) is 28.9 Å². The second-order valence-electron chi connectivity index (χ2n) is 3.74. The van der Waals surface area contributed by atoms with Crippen LogP contribution in [0.5, 0.6) is 0 Å². The Hall–Kier alpha value is -1.26. The molecule has 74 valence electrons. The zero-order chi connectivity index (χ0) is 10.0. The Morgan fingerprint density at radius 1 is 1.46 bits per heavy atom. The minimum atomic E-state index is 0.484. The molecular weight excluding hydrogens is 166 g/mol. The normalized spacial score (nSPS) is 10.8. The van der Waals surface area contributed by atoms with Gasteiger partial charge in [0.15, 0.2) is 0 Å². The van der Waals surface area contributed by atoms with Crippen LogP contribution in [0.3, 0.4) is 0 Å². The molecule has 0 radical (unpaired) electrons. The second-order valence-corrected chi connectivity index (χ2v) is 3.74. The van der Waals surface area contributed by atoms with Gasteiger partial charge in [0.2, 0.25) is 11.9 Å². The van der Waals surface area contributed by atoms with Crippen LogP contribution < -0.4 is 10.6 Å². The minimum Gasteiger partial charge on any atom is -0.368 e. The van der Waals surface area contributed by atoms with Gasteiger partial charge in [0.05, 0.1) is 0 Å². The van der Waals surface area contributed by atoms with E-state index in [0.717, 1.165) is 6.54 Å². The van der Waals surface area contributed by atoms with Crippen LogP contribution in [0.25, 0.3) is 0 Å². The van der Waals surface area contributed by atoms with Gasteiger partial charge in [-0.05, 0) is 5.92 Å². The highest BCUT2D eigenvalue weighted by molar-refractivity contribution is 5.32. The van der Waals surface area contributed by atoms with Gasteiger partial charge in [-0.25, -0.2) is 4.68 Å². The molecule has 0 aliphatic carbocycles. The standard InChI is InChI=1S/C8H17N5/c1-6(2)5-13-7(9)10-8(11-13)12(3)4/h6H,5H2,1-4H3,(H2,9,10,11). The average Bonchev–Trinajstić information content (AvgIpc) is 2.31. The van der Waals surface area contributed by atoms with E-state index in [-0.39, 0.29) is 0 Å². The lowest BCUT2D eigenvalue weighted by atomic mass is 10.2. The van der Waals surface area contributed by atoms with Gasteiger partial charge < -0.3 is 10.6 Å². The van der Waals surface area contributed by atoms with Crippen molar-refractivity contribution >= 4 is 11.9 Å². The molecule has 1 aromatic heterocycles. The molecule has 0 unspecified atom stereocenters. The number of rotatable bonds is 3. The predicted octanol–water partition coefficient (Wildman–Crippen LogP) is 0.582. The van der Waals surface area contributed by atoms with E-state index in [4.69, 9.17) is 5.73 Å². The van der Waals surface area contributed by atoms with E-state index < -0.39 is 0 Å². The Morgan fingerprint density at radius 3 is 2.46 bits per heavy atom. The Morgan fingerprint density at radius 2 is 2.08 bits per heavy atom. The van der Waals surface area contributed by atoms with Crippen LogP contribution in [0, 0.1) is 5.92 Å². The van der Waals surface area contributed by atoms with Crippen LogP contribution in [0.2, 0.25) is 0 Å². The van der Waals surface area contributed by atoms with Crippen molar-refractivity contribution in [3.63, 3.8) is 0 Å². The minimum absolute atomic E-state index is 0.484. The van der Waals surface area contributed by atoms with Crippen LogP contribution in [0.1, 0.15) is 13.8 Å². The van der Waals surface area contributed by atoms with Crippen molar-refractivity contribution in [1.29, 1.82) is 0 Å². The SMILES string of the molecule is CC(C)Cn1nc(N(C)C)nc1N. The van der Waals surface area contributed by atoms with Gasteiger partial charge in [0, 0.05) is 20.6 Å². The molecule has 1 rings (SSSR count). The highest BCUT2D eigenvalue weighted by Crippen LogP contribution is 2.09. The Labute approximate surface area is 78.5 Å². The fourth-order valence-corrected chi connectivity index (χ4v) is 1.01.